The zero-order chi connectivity index (χ0) is 16.5. The van der Waals surface area contributed by atoms with E-state index in [-0.39, 0.29) is 23.1 Å². The van der Waals surface area contributed by atoms with Crippen molar-refractivity contribution in [1.29, 1.82) is 0 Å². The van der Waals surface area contributed by atoms with E-state index in [2.05, 4.69) is 29.4 Å². The smallest absolute Gasteiger partial charge is 0.236 e. The first-order valence-electron chi connectivity index (χ1n) is 8.33. The van der Waals surface area contributed by atoms with Gasteiger partial charge in [0.15, 0.2) is 6.29 Å². The van der Waals surface area contributed by atoms with Crippen molar-refractivity contribution in [3.8, 4) is 0 Å². The molecule has 5 heteroatoms. The Morgan fingerprint density at radius 2 is 2.05 bits per heavy atom. The predicted molar refractivity (Wildman–Crippen MR) is 93.1 cm³/mol. The molecule has 1 aliphatic rings. The molecule has 0 aliphatic carbocycles. The maximum Gasteiger partial charge on any atom is 0.236 e. The fourth-order valence-corrected chi connectivity index (χ4v) is 2.76. The number of ether oxygens (including phenoxy) is 2. The molecule has 1 fully saturated rings. The quantitative estimate of drug-likeness (QED) is 0.350. The van der Waals surface area contributed by atoms with Gasteiger partial charge in [0.05, 0.1) is 24.1 Å². The van der Waals surface area contributed by atoms with Gasteiger partial charge in [0.1, 0.15) is 0 Å². The SMILES string of the molecule is C=CCCCN(C(=O)C(Br)CC)C(C)C1OCC(CC)CO1. The van der Waals surface area contributed by atoms with Gasteiger partial charge >= 0.3 is 0 Å². The number of unbranched alkanes of at least 4 members (excludes halogenated alkanes) is 1. The highest BCUT2D eigenvalue weighted by Gasteiger charge is 2.33. The average Bonchev–Trinajstić information content (AvgIpc) is 2.57. The van der Waals surface area contributed by atoms with Crippen molar-refractivity contribution in [2.45, 2.75) is 63.6 Å². The van der Waals surface area contributed by atoms with Crippen molar-refractivity contribution >= 4 is 21.8 Å². The minimum atomic E-state index is -0.327. The lowest BCUT2D eigenvalue weighted by Crippen LogP contribution is -2.52. The van der Waals surface area contributed by atoms with Crippen LogP contribution >= 0.6 is 15.9 Å². The summed E-state index contributed by atoms with van der Waals surface area (Å²) in [5, 5.41) is 0. The minimum Gasteiger partial charge on any atom is -0.350 e. The van der Waals surface area contributed by atoms with Crippen molar-refractivity contribution < 1.29 is 14.3 Å². The Labute approximate surface area is 143 Å². The van der Waals surface area contributed by atoms with Crippen LogP contribution < -0.4 is 0 Å². The Kier molecular flexibility index (Phi) is 9.29. The summed E-state index contributed by atoms with van der Waals surface area (Å²) >= 11 is 3.47. The zero-order valence-corrected chi connectivity index (χ0v) is 15.7. The van der Waals surface area contributed by atoms with Crippen LogP contribution in [0, 0.1) is 5.92 Å². The molecule has 0 N–H and O–H groups in total. The predicted octanol–water partition coefficient (Wildman–Crippen LogP) is 3.74. The number of carbonyl (C=O) groups excluding carboxylic acids is 1. The number of nitrogens with zero attached hydrogens (tertiary/aromatic N) is 1. The van der Waals surface area contributed by atoms with Crippen molar-refractivity contribution in [3.05, 3.63) is 12.7 Å². The molecule has 0 bridgehead atoms. The summed E-state index contributed by atoms with van der Waals surface area (Å²) in [6.45, 7) is 12.0. The maximum absolute atomic E-state index is 12.6. The maximum atomic E-state index is 12.6. The lowest BCUT2D eigenvalue weighted by molar-refractivity contribution is -0.225. The highest BCUT2D eigenvalue weighted by molar-refractivity contribution is 9.10. The highest BCUT2D eigenvalue weighted by atomic mass is 79.9. The van der Waals surface area contributed by atoms with Gasteiger partial charge in [0.2, 0.25) is 5.91 Å². The molecule has 0 aromatic heterocycles. The third-order valence-electron chi connectivity index (χ3n) is 4.17. The van der Waals surface area contributed by atoms with Gasteiger partial charge in [-0.15, -0.1) is 6.58 Å². The molecule has 2 atom stereocenters. The normalized spacial score (nSPS) is 24.5. The van der Waals surface area contributed by atoms with Gasteiger partial charge < -0.3 is 14.4 Å². The van der Waals surface area contributed by atoms with E-state index in [1.165, 1.54) is 0 Å². The van der Waals surface area contributed by atoms with E-state index >= 15 is 0 Å². The zero-order valence-electron chi connectivity index (χ0n) is 14.1. The van der Waals surface area contributed by atoms with Gasteiger partial charge in [-0.2, -0.15) is 0 Å². The van der Waals surface area contributed by atoms with Gasteiger partial charge in [0, 0.05) is 12.5 Å². The van der Waals surface area contributed by atoms with Gasteiger partial charge in [-0.05, 0) is 32.6 Å². The summed E-state index contributed by atoms with van der Waals surface area (Å²) in [5.41, 5.74) is 0. The Hall–Kier alpha value is -0.390. The van der Waals surface area contributed by atoms with Crippen LogP contribution in [-0.2, 0) is 14.3 Å². The Morgan fingerprint density at radius 3 is 2.55 bits per heavy atom. The fraction of sp³-hybridized carbons (Fsp3) is 0.824. The molecule has 0 radical (unpaired) electrons. The van der Waals surface area contributed by atoms with Crippen molar-refractivity contribution in [2.75, 3.05) is 19.8 Å². The van der Waals surface area contributed by atoms with E-state index in [1.54, 1.807) is 0 Å². The molecule has 22 heavy (non-hydrogen) atoms. The van der Waals surface area contributed by atoms with Gasteiger partial charge in [-0.25, -0.2) is 0 Å². The third kappa shape index (κ3) is 5.67. The summed E-state index contributed by atoms with van der Waals surface area (Å²) in [6, 6.07) is -0.0817. The molecular weight excluding hydrogens is 346 g/mol. The first-order chi connectivity index (χ1) is 10.5. The van der Waals surface area contributed by atoms with Crippen LogP contribution in [0.2, 0.25) is 0 Å². The van der Waals surface area contributed by atoms with Crippen LogP contribution in [-0.4, -0.2) is 47.7 Å². The van der Waals surface area contributed by atoms with Gasteiger partial charge in [0.25, 0.3) is 0 Å². The summed E-state index contributed by atoms with van der Waals surface area (Å²) in [6.07, 6.45) is 5.20. The largest absolute Gasteiger partial charge is 0.350 e. The topological polar surface area (TPSA) is 38.8 Å². The van der Waals surface area contributed by atoms with Crippen LogP contribution in [0.1, 0.15) is 46.5 Å². The lowest BCUT2D eigenvalue weighted by Gasteiger charge is -2.38. The van der Waals surface area contributed by atoms with Crippen molar-refractivity contribution in [2.24, 2.45) is 5.92 Å². The molecule has 1 amide bonds. The molecule has 2 unspecified atom stereocenters. The van der Waals surface area contributed by atoms with E-state index < -0.39 is 0 Å². The standard InChI is InChI=1S/C17H30BrNO3/c1-5-8-9-10-19(16(20)15(18)7-3)13(4)17-21-11-14(6-2)12-22-17/h5,13-15,17H,1,6-12H2,2-4H3. The second-order valence-corrected chi connectivity index (χ2v) is 6.99. The van der Waals surface area contributed by atoms with Crippen molar-refractivity contribution in [1.82, 2.24) is 4.90 Å². The fourth-order valence-electron chi connectivity index (χ4n) is 2.49. The van der Waals surface area contributed by atoms with E-state index in [4.69, 9.17) is 9.47 Å². The monoisotopic (exact) mass is 375 g/mol. The average molecular weight is 376 g/mol. The lowest BCUT2D eigenvalue weighted by atomic mass is 10.1. The van der Waals surface area contributed by atoms with Gasteiger partial charge in [-0.1, -0.05) is 35.9 Å². The minimum absolute atomic E-state index is 0.0817. The number of halogens is 1. The summed E-state index contributed by atoms with van der Waals surface area (Å²) < 4.78 is 11.7. The Morgan fingerprint density at radius 1 is 1.41 bits per heavy atom. The number of allylic oxidation sites excluding steroid dienone is 1. The highest BCUT2D eigenvalue weighted by Crippen LogP contribution is 2.21. The summed E-state index contributed by atoms with van der Waals surface area (Å²) in [5.74, 6) is 0.580. The molecule has 128 valence electrons. The number of carbonyl (C=O) groups is 1. The van der Waals surface area contributed by atoms with E-state index in [0.717, 1.165) is 25.7 Å². The molecular formula is C17H30BrNO3. The number of hydrogen-bond acceptors (Lipinski definition) is 3. The molecule has 1 rings (SSSR count). The van der Waals surface area contributed by atoms with Crippen LogP contribution in [0.3, 0.4) is 0 Å². The second-order valence-electron chi connectivity index (χ2n) is 5.89. The van der Waals surface area contributed by atoms with Crippen LogP contribution in [0.15, 0.2) is 12.7 Å². The molecule has 0 aromatic carbocycles. The summed E-state index contributed by atoms with van der Waals surface area (Å²) in [4.78, 5) is 14.4. The second kappa shape index (κ2) is 10.4. The Balaban J connectivity index is 2.67. The van der Waals surface area contributed by atoms with E-state index in [9.17, 15) is 4.79 Å². The molecule has 0 aromatic rings. The molecule has 1 saturated heterocycles. The number of alkyl halides is 1. The molecule has 1 heterocycles. The van der Waals surface area contributed by atoms with Crippen LogP contribution in [0.25, 0.3) is 0 Å². The summed E-state index contributed by atoms with van der Waals surface area (Å²) in [7, 11) is 0. The van der Waals surface area contributed by atoms with Crippen molar-refractivity contribution in [3.63, 3.8) is 0 Å². The van der Waals surface area contributed by atoms with Crippen LogP contribution in [0.4, 0.5) is 0 Å². The molecule has 0 spiro atoms. The number of hydrogen-bond donors (Lipinski definition) is 0. The first-order valence-corrected chi connectivity index (χ1v) is 9.25. The molecule has 4 nitrogen and oxygen atoms in total. The third-order valence-corrected chi connectivity index (χ3v) is 5.21. The van der Waals surface area contributed by atoms with E-state index in [0.29, 0.717) is 25.7 Å². The van der Waals surface area contributed by atoms with E-state index in [1.807, 2.05) is 24.8 Å². The molecule has 0 saturated carbocycles. The molecule has 1 aliphatic heterocycles. The Bertz CT molecular complexity index is 343. The van der Waals surface area contributed by atoms with Gasteiger partial charge in [-0.3, -0.25) is 4.79 Å². The number of amides is 1. The first kappa shape index (κ1) is 19.7. The number of rotatable bonds is 9. The van der Waals surface area contributed by atoms with Crippen LogP contribution in [0.5, 0.6) is 0 Å².